The highest BCUT2D eigenvalue weighted by atomic mass is 16.3. The summed E-state index contributed by atoms with van der Waals surface area (Å²) in [5.41, 5.74) is 3.15. The lowest BCUT2D eigenvalue weighted by molar-refractivity contribution is 0.0283. The van der Waals surface area contributed by atoms with Crippen LogP contribution in [0.1, 0.15) is 92.4 Å². The Balaban J connectivity index is 1.71. The maximum Gasteiger partial charge on any atom is 0.0837 e. The van der Waals surface area contributed by atoms with Gasteiger partial charge in [0.25, 0.3) is 0 Å². The van der Waals surface area contributed by atoms with Gasteiger partial charge in [0.15, 0.2) is 0 Å². The van der Waals surface area contributed by atoms with E-state index in [1.807, 2.05) is 20.8 Å². The second-order valence-corrected chi connectivity index (χ2v) is 11.8. The maximum atomic E-state index is 10.4. The lowest BCUT2D eigenvalue weighted by Gasteiger charge is -2.44. The fourth-order valence-corrected chi connectivity index (χ4v) is 6.91. The van der Waals surface area contributed by atoms with Crippen molar-refractivity contribution in [2.75, 3.05) is 0 Å². The summed E-state index contributed by atoms with van der Waals surface area (Å²) in [5.74, 6) is 1.94. The Morgan fingerprint density at radius 1 is 1.23 bits per heavy atom. The molecule has 0 bridgehead atoms. The molecule has 31 heavy (non-hydrogen) atoms. The van der Waals surface area contributed by atoms with Crippen LogP contribution < -0.4 is 0 Å². The van der Waals surface area contributed by atoms with E-state index in [-0.39, 0.29) is 5.92 Å². The van der Waals surface area contributed by atoms with Gasteiger partial charge in [0.2, 0.25) is 0 Å². The van der Waals surface area contributed by atoms with Gasteiger partial charge in [-0.05, 0) is 93.1 Å². The third-order valence-corrected chi connectivity index (χ3v) is 8.97. The Morgan fingerprint density at radius 3 is 2.61 bits per heavy atom. The zero-order valence-corrected chi connectivity index (χ0v) is 20.5. The molecular weight excluding hydrogens is 384 g/mol. The van der Waals surface area contributed by atoms with E-state index < -0.39 is 17.8 Å². The fourth-order valence-electron chi connectivity index (χ4n) is 6.91. The number of aliphatic hydroxyl groups excluding tert-OH is 2. The van der Waals surface area contributed by atoms with E-state index in [0.717, 1.165) is 36.3 Å². The van der Waals surface area contributed by atoms with Gasteiger partial charge in [0, 0.05) is 5.92 Å². The Labute approximate surface area is 190 Å². The molecule has 0 heterocycles. The molecule has 0 aromatic rings. The van der Waals surface area contributed by atoms with Gasteiger partial charge in [-0.15, -0.1) is 0 Å². The van der Waals surface area contributed by atoms with Crippen molar-refractivity contribution in [3.63, 3.8) is 0 Å². The summed E-state index contributed by atoms with van der Waals surface area (Å²) >= 11 is 0. The van der Waals surface area contributed by atoms with Gasteiger partial charge in [-0.2, -0.15) is 0 Å². The highest BCUT2D eigenvalue weighted by molar-refractivity contribution is 5.39. The van der Waals surface area contributed by atoms with E-state index in [1.165, 1.54) is 32.1 Å². The SMILES string of the molecule is C=C1/C(=C/C=C2\CCC[C@]3(C)[C@@H]([C@@H](C)CCCC(C)(C)O)CC[C@@H]23)C[C@H](O)[C@H](C)[C@H]1O. The number of allylic oxidation sites excluding steroid dienone is 3. The van der Waals surface area contributed by atoms with Crippen molar-refractivity contribution in [2.24, 2.45) is 29.1 Å². The van der Waals surface area contributed by atoms with Gasteiger partial charge in [-0.1, -0.05) is 57.9 Å². The molecule has 176 valence electrons. The van der Waals surface area contributed by atoms with Crippen LogP contribution in [0.25, 0.3) is 0 Å². The van der Waals surface area contributed by atoms with Crippen LogP contribution in [0.2, 0.25) is 0 Å². The second kappa shape index (κ2) is 9.53. The smallest absolute Gasteiger partial charge is 0.0837 e. The van der Waals surface area contributed by atoms with Crippen molar-refractivity contribution in [3.8, 4) is 0 Å². The first-order valence-electron chi connectivity index (χ1n) is 12.6. The summed E-state index contributed by atoms with van der Waals surface area (Å²) in [7, 11) is 0. The zero-order chi connectivity index (χ0) is 23.0. The summed E-state index contributed by atoms with van der Waals surface area (Å²) in [6.45, 7) is 14.8. The minimum absolute atomic E-state index is 0.149. The van der Waals surface area contributed by atoms with Crippen LogP contribution in [-0.2, 0) is 0 Å². The minimum Gasteiger partial charge on any atom is -0.392 e. The predicted molar refractivity (Wildman–Crippen MR) is 129 cm³/mol. The summed E-state index contributed by atoms with van der Waals surface area (Å²) in [4.78, 5) is 0. The third kappa shape index (κ3) is 5.37. The normalized spacial score (nSPS) is 40.4. The molecule has 7 atom stereocenters. The molecule has 0 saturated heterocycles. The van der Waals surface area contributed by atoms with Gasteiger partial charge in [-0.3, -0.25) is 0 Å². The molecule has 0 radical (unpaired) electrons. The van der Waals surface area contributed by atoms with E-state index in [9.17, 15) is 15.3 Å². The van der Waals surface area contributed by atoms with Crippen LogP contribution in [0, 0.1) is 29.1 Å². The number of hydrogen-bond donors (Lipinski definition) is 3. The Hall–Kier alpha value is -0.900. The Bertz CT molecular complexity index is 712. The van der Waals surface area contributed by atoms with Crippen molar-refractivity contribution in [2.45, 2.75) is 110 Å². The summed E-state index contributed by atoms with van der Waals surface area (Å²) in [6, 6.07) is 0. The van der Waals surface area contributed by atoms with Crippen molar-refractivity contribution < 1.29 is 15.3 Å². The Kier molecular flexibility index (Phi) is 7.61. The number of fused-ring (bicyclic) bond motifs is 1. The quantitative estimate of drug-likeness (QED) is 0.488. The first-order valence-corrected chi connectivity index (χ1v) is 12.6. The lowest BCUT2D eigenvalue weighted by atomic mass is 9.60. The van der Waals surface area contributed by atoms with Gasteiger partial charge in [0.1, 0.15) is 0 Å². The van der Waals surface area contributed by atoms with Crippen LogP contribution in [0.3, 0.4) is 0 Å². The zero-order valence-electron chi connectivity index (χ0n) is 20.5. The standard InChI is InChI=1S/C28H46O3/c1-18(9-7-15-27(4,5)31)23-13-14-24-21(10-8-16-28(23,24)6)11-12-22-17-25(29)20(3)26(30)19(22)2/h11-12,18,20,23-26,29-31H,2,7-10,13-17H2,1,3-6H3/b21-11+,22-12+/t18-,20-,23+,24-,25-,26-,28+/m0/s1. The Morgan fingerprint density at radius 2 is 1.94 bits per heavy atom. The van der Waals surface area contributed by atoms with Gasteiger partial charge < -0.3 is 15.3 Å². The second-order valence-electron chi connectivity index (χ2n) is 11.8. The minimum atomic E-state index is -0.648. The number of rotatable bonds is 6. The van der Waals surface area contributed by atoms with E-state index in [2.05, 4.69) is 32.6 Å². The van der Waals surface area contributed by atoms with Gasteiger partial charge in [0.05, 0.1) is 17.8 Å². The van der Waals surface area contributed by atoms with E-state index >= 15 is 0 Å². The van der Waals surface area contributed by atoms with E-state index in [1.54, 1.807) is 5.57 Å². The molecule has 3 heteroatoms. The van der Waals surface area contributed by atoms with Crippen molar-refractivity contribution in [3.05, 3.63) is 35.5 Å². The average Bonchev–Trinajstić information content (AvgIpc) is 3.04. The molecule has 3 aliphatic rings. The molecule has 3 saturated carbocycles. The highest BCUT2D eigenvalue weighted by Crippen LogP contribution is 2.60. The molecule has 0 aliphatic heterocycles. The largest absolute Gasteiger partial charge is 0.392 e. The number of hydrogen-bond acceptors (Lipinski definition) is 3. The third-order valence-electron chi connectivity index (χ3n) is 8.97. The highest BCUT2D eigenvalue weighted by Gasteiger charge is 2.50. The molecular formula is C28H46O3. The van der Waals surface area contributed by atoms with Crippen LogP contribution >= 0.6 is 0 Å². The molecule has 0 spiro atoms. The molecule has 3 nitrogen and oxygen atoms in total. The molecule has 0 unspecified atom stereocenters. The predicted octanol–water partition coefficient (Wildman–Crippen LogP) is 5.95. The molecule has 0 aromatic heterocycles. The lowest BCUT2D eigenvalue weighted by Crippen LogP contribution is -2.36. The van der Waals surface area contributed by atoms with Crippen molar-refractivity contribution >= 4 is 0 Å². The van der Waals surface area contributed by atoms with Gasteiger partial charge in [-0.25, -0.2) is 0 Å². The van der Waals surface area contributed by atoms with Crippen molar-refractivity contribution in [1.82, 2.24) is 0 Å². The summed E-state index contributed by atoms with van der Waals surface area (Å²) in [6.07, 6.45) is 13.4. The van der Waals surface area contributed by atoms with Gasteiger partial charge >= 0.3 is 0 Å². The summed E-state index contributed by atoms with van der Waals surface area (Å²) in [5, 5.41) is 30.7. The average molecular weight is 431 g/mol. The van der Waals surface area contributed by atoms with Crippen molar-refractivity contribution in [1.29, 1.82) is 0 Å². The fraction of sp³-hybridized carbons (Fsp3) is 0.786. The van der Waals surface area contributed by atoms with E-state index in [0.29, 0.717) is 23.7 Å². The van der Waals surface area contributed by atoms with Crippen LogP contribution in [0.4, 0.5) is 0 Å². The number of aliphatic hydroxyl groups is 3. The summed E-state index contributed by atoms with van der Waals surface area (Å²) < 4.78 is 0. The monoisotopic (exact) mass is 430 g/mol. The van der Waals surface area contributed by atoms with Crippen LogP contribution in [0.15, 0.2) is 35.5 Å². The van der Waals surface area contributed by atoms with Crippen LogP contribution in [-0.4, -0.2) is 33.1 Å². The van der Waals surface area contributed by atoms with Crippen LogP contribution in [0.5, 0.6) is 0 Å². The first kappa shape index (κ1) is 24.7. The van der Waals surface area contributed by atoms with E-state index in [4.69, 9.17) is 0 Å². The molecule has 3 N–H and O–H groups in total. The first-order chi connectivity index (χ1) is 14.4. The maximum absolute atomic E-state index is 10.4. The topological polar surface area (TPSA) is 60.7 Å². The molecule has 0 amide bonds. The molecule has 3 rings (SSSR count). The molecule has 0 aromatic carbocycles. The molecule has 3 fully saturated rings. The molecule has 3 aliphatic carbocycles.